The number of carbonyl (C=O) groups is 1. The van der Waals surface area contributed by atoms with E-state index in [1.807, 2.05) is 0 Å². The second-order valence-corrected chi connectivity index (χ2v) is 7.66. The summed E-state index contributed by atoms with van der Waals surface area (Å²) < 4.78 is 28.6. The van der Waals surface area contributed by atoms with E-state index in [0.29, 0.717) is 5.69 Å². The lowest BCUT2D eigenvalue weighted by atomic mass is 9.88. The quantitative estimate of drug-likeness (QED) is 0.593. The van der Waals surface area contributed by atoms with Crippen LogP contribution in [0.5, 0.6) is 0 Å². The lowest BCUT2D eigenvalue weighted by Crippen LogP contribution is -2.55. The minimum Gasteiger partial charge on any atom is -0.388 e. The van der Waals surface area contributed by atoms with Gasteiger partial charge in [-0.2, -0.15) is 9.50 Å². The zero-order chi connectivity index (χ0) is 22.5. The lowest BCUT2D eigenvalue weighted by molar-refractivity contribution is -0.0461. The molecule has 164 valence electrons. The first-order chi connectivity index (χ1) is 14.6. The number of H-pyrrole nitrogens is 1. The van der Waals surface area contributed by atoms with Gasteiger partial charge in [-0.1, -0.05) is 0 Å². The molecule has 1 aliphatic heterocycles. The number of alkyl halides is 2. The fraction of sp³-hybridized carbons (Fsp3) is 0.444. The number of nitrogens with zero attached hydrogens (tertiary/aromatic N) is 6. The smallest absolute Gasteiger partial charge is 0.328 e. The zero-order valence-corrected chi connectivity index (χ0v) is 16.6. The summed E-state index contributed by atoms with van der Waals surface area (Å²) in [5.74, 6) is -1.11. The number of likely N-dealkylation sites (tertiary alicyclic amines) is 1. The topological polar surface area (TPSA) is 138 Å². The van der Waals surface area contributed by atoms with Gasteiger partial charge < -0.3 is 10.0 Å². The summed E-state index contributed by atoms with van der Waals surface area (Å²) in [6.45, 7) is 3.11. The summed E-state index contributed by atoms with van der Waals surface area (Å²) in [6.07, 6.45) is -1.46. The number of aromatic nitrogens is 6. The first kappa shape index (κ1) is 20.8. The van der Waals surface area contributed by atoms with Crippen molar-refractivity contribution in [1.82, 2.24) is 34.0 Å². The maximum atomic E-state index is 13.3. The molecule has 0 aliphatic carbocycles. The first-order valence-corrected chi connectivity index (χ1v) is 9.42. The number of piperidine rings is 1. The van der Waals surface area contributed by atoms with E-state index in [-0.39, 0.29) is 31.1 Å². The van der Waals surface area contributed by atoms with Crippen LogP contribution in [0.2, 0.25) is 0 Å². The van der Waals surface area contributed by atoms with Crippen molar-refractivity contribution in [3.63, 3.8) is 0 Å². The van der Waals surface area contributed by atoms with Crippen molar-refractivity contribution < 1.29 is 18.7 Å². The molecule has 0 bridgehead atoms. The van der Waals surface area contributed by atoms with Crippen LogP contribution in [0.4, 0.5) is 8.78 Å². The Balaban J connectivity index is 1.68. The SMILES string of the molecule is Cc1cc(C(F)F)n2nc(C(=O)N3CC[C@@](C)(O)[C@H](n4ccc(=O)[nH]c4=O)C3)nc2n1. The molecular weight excluding hydrogens is 416 g/mol. The number of hydrogen-bond donors (Lipinski definition) is 2. The second kappa shape index (κ2) is 7.34. The number of hydrogen-bond acceptors (Lipinski definition) is 7. The minimum atomic E-state index is -2.84. The summed E-state index contributed by atoms with van der Waals surface area (Å²) in [7, 11) is 0. The Kier molecular flexibility index (Phi) is 4.92. The highest BCUT2D eigenvalue weighted by atomic mass is 19.3. The van der Waals surface area contributed by atoms with Gasteiger partial charge >= 0.3 is 5.69 Å². The predicted octanol–water partition coefficient (Wildman–Crippen LogP) is 0.0585. The number of aryl methyl sites for hydroxylation is 1. The zero-order valence-electron chi connectivity index (χ0n) is 16.6. The maximum Gasteiger partial charge on any atom is 0.328 e. The average molecular weight is 435 g/mol. The Labute approximate surface area is 173 Å². The Morgan fingerprint density at radius 3 is 2.77 bits per heavy atom. The fourth-order valence-corrected chi connectivity index (χ4v) is 3.67. The second-order valence-electron chi connectivity index (χ2n) is 7.66. The monoisotopic (exact) mass is 435 g/mol. The van der Waals surface area contributed by atoms with Crippen LogP contribution >= 0.6 is 0 Å². The normalized spacial score (nSPS) is 21.7. The number of halogens is 2. The number of aliphatic hydroxyl groups is 1. The van der Waals surface area contributed by atoms with E-state index in [1.54, 1.807) is 0 Å². The third-order valence-electron chi connectivity index (χ3n) is 5.36. The average Bonchev–Trinajstić information content (AvgIpc) is 3.11. The molecule has 3 aromatic heterocycles. The van der Waals surface area contributed by atoms with E-state index >= 15 is 0 Å². The van der Waals surface area contributed by atoms with Crippen LogP contribution in [0.3, 0.4) is 0 Å². The molecule has 1 saturated heterocycles. The summed E-state index contributed by atoms with van der Waals surface area (Å²) >= 11 is 0. The van der Waals surface area contributed by atoms with Crippen LogP contribution in [0, 0.1) is 6.92 Å². The molecule has 11 nitrogen and oxygen atoms in total. The van der Waals surface area contributed by atoms with Gasteiger partial charge in [0, 0.05) is 31.0 Å². The predicted molar refractivity (Wildman–Crippen MR) is 102 cm³/mol. The van der Waals surface area contributed by atoms with Gasteiger partial charge in [-0.25, -0.2) is 18.6 Å². The van der Waals surface area contributed by atoms with Crippen LogP contribution < -0.4 is 11.2 Å². The highest BCUT2D eigenvalue weighted by Crippen LogP contribution is 2.31. The number of fused-ring (bicyclic) bond motifs is 1. The van der Waals surface area contributed by atoms with E-state index in [1.165, 1.54) is 24.9 Å². The fourth-order valence-electron chi connectivity index (χ4n) is 3.67. The molecule has 1 aliphatic rings. The molecule has 0 aromatic carbocycles. The molecule has 1 amide bonds. The van der Waals surface area contributed by atoms with Crippen molar-refractivity contribution in [3.05, 3.63) is 56.4 Å². The van der Waals surface area contributed by atoms with Gasteiger partial charge in [0.1, 0.15) is 5.69 Å². The number of aromatic amines is 1. The number of nitrogens with one attached hydrogen (secondary N) is 1. The van der Waals surface area contributed by atoms with Crippen molar-refractivity contribution in [2.75, 3.05) is 13.1 Å². The van der Waals surface area contributed by atoms with Gasteiger partial charge in [-0.15, -0.1) is 5.10 Å². The third-order valence-corrected chi connectivity index (χ3v) is 5.36. The van der Waals surface area contributed by atoms with Crippen molar-refractivity contribution in [1.29, 1.82) is 0 Å². The van der Waals surface area contributed by atoms with Crippen molar-refractivity contribution in [2.45, 2.75) is 38.3 Å². The Hall–Kier alpha value is -3.48. The van der Waals surface area contributed by atoms with Crippen LogP contribution in [0.15, 0.2) is 27.9 Å². The van der Waals surface area contributed by atoms with E-state index in [9.17, 15) is 28.3 Å². The first-order valence-electron chi connectivity index (χ1n) is 9.42. The number of carbonyl (C=O) groups excluding carboxylic acids is 1. The van der Waals surface area contributed by atoms with Crippen LogP contribution in [-0.4, -0.2) is 63.7 Å². The highest BCUT2D eigenvalue weighted by Gasteiger charge is 2.41. The molecular formula is C18H19F2N7O4. The molecule has 1 fully saturated rings. The maximum absolute atomic E-state index is 13.3. The molecule has 4 heterocycles. The van der Waals surface area contributed by atoms with Gasteiger partial charge in [0.05, 0.1) is 11.6 Å². The van der Waals surface area contributed by atoms with Crippen molar-refractivity contribution >= 4 is 11.7 Å². The summed E-state index contributed by atoms with van der Waals surface area (Å²) in [5.41, 5.74) is -2.78. The molecule has 0 spiro atoms. The largest absolute Gasteiger partial charge is 0.388 e. The van der Waals surface area contributed by atoms with Gasteiger partial charge in [0.15, 0.2) is 0 Å². The summed E-state index contributed by atoms with van der Waals surface area (Å²) in [4.78, 5) is 48.0. The van der Waals surface area contributed by atoms with Gasteiger partial charge in [0.2, 0.25) is 5.82 Å². The van der Waals surface area contributed by atoms with E-state index in [0.717, 1.165) is 21.2 Å². The summed E-state index contributed by atoms with van der Waals surface area (Å²) in [5, 5.41) is 14.7. The van der Waals surface area contributed by atoms with Crippen molar-refractivity contribution in [3.8, 4) is 0 Å². The molecule has 31 heavy (non-hydrogen) atoms. The Morgan fingerprint density at radius 1 is 1.35 bits per heavy atom. The molecule has 0 unspecified atom stereocenters. The third kappa shape index (κ3) is 3.71. The molecule has 2 N–H and O–H groups in total. The van der Waals surface area contributed by atoms with Gasteiger partial charge in [0.25, 0.3) is 23.7 Å². The Bertz CT molecular complexity index is 1280. The van der Waals surface area contributed by atoms with Gasteiger partial charge in [-0.3, -0.25) is 19.1 Å². The number of amides is 1. The highest BCUT2D eigenvalue weighted by molar-refractivity contribution is 5.91. The minimum absolute atomic E-state index is 0.0818. The van der Waals surface area contributed by atoms with Crippen LogP contribution in [0.1, 0.15) is 47.8 Å². The van der Waals surface area contributed by atoms with E-state index in [4.69, 9.17) is 0 Å². The van der Waals surface area contributed by atoms with Gasteiger partial charge in [-0.05, 0) is 26.3 Å². The molecule has 2 atom stereocenters. The Morgan fingerprint density at radius 2 is 2.10 bits per heavy atom. The molecule has 13 heteroatoms. The summed E-state index contributed by atoms with van der Waals surface area (Å²) in [6, 6.07) is 1.45. The van der Waals surface area contributed by atoms with Crippen LogP contribution in [-0.2, 0) is 0 Å². The van der Waals surface area contributed by atoms with Crippen molar-refractivity contribution in [2.24, 2.45) is 0 Å². The molecule has 4 rings (SSSR count). The molecule has 0 radical (unpaired) electrons. The lowest BCUT2D eigenvalue weighted by Gasteiger charge is -2.42. The standard InChI is InChI=1S/C18H19F2N7O4/c1-9-7-10(13(19)20)27-16(21-9)23-14(24-27)15(29)25-6-4-18(2,31)11(8-25)26-5-3-12(28)22-17(26)30/h3,5,7,11,13,31H,4,6,8H2,1-2H3,(H,22,28,30)/t11-,18-/m1/s1. The number of rotatable bonds is 3. The molecule has 3 aromatic rings. The van der Waals surface area contributed by atoms with Crippen LogP contribution in [0.25, 0.3) is 5.78 Å². The molecule has 0 saturated carbocycles. The van der Waals surface area contributed by atoms with E-state index in [2.05, 4.69) is 20.1 Å². The van der Waals surface area contributed by atoms with E-state index < -0.39 is 40.9 Å².